The van der Waals surface area contributed by atoms with Gasteiger partial charge in [-0.1, -0.05) is 11.6 Å². The number of methoxy groups -OCH3 is 1. The minimum Gasteiger partial charge on any atom is -0.475 e. The van der Waals surface area contributed by atoms with Crippen molar-refractivity contribution in [3.63, 3.8) is 0 Å². The fraction of sp³-hybridized carbons (Fsp3) is 0.600. The summed E-state index contributed by atoms with van der Waals surface area (Å²) < 4.78 is 10.3. The van der Waals surface area contributed by atoms with E-state index in [1.165, 1.54) is 0 Å². The lowest BCUT2D eigenvalue weighted by Gasteiger charge is -2.06. The maximum Gasteiger partial charge on any atom is 0.218 e. The van der Waals surface area contributed by atoms with Crippen LogP contribution in [0.5, 0.6) is 5.88 Å². The van der Waals surface area contributed by atoms with Gasteiger partial charge in [0.2, 0.25) is 5.88 Å². The highest BCUT2D eigenvalue weighted by molar-refractivity contribution is 6.29. The molecule has 82 valence electrons. The quantitative estimate of drug-likeness (QED) is 0.572. The van der Waals surface area contributed by atoms with Crippen molar-refractivity contribution in [1.29, 1.82) is 0 Å². The predicted molar refractivity (Wildman–Crippen MR) is 56.4 cm³/mol. The lowest BCUT2D eigenvalue weighted by atomic mass is 10.4. The van der Waals surface area contributed by atoms with Crippen LogP contribution in [0.15, 0.2) is 6.07 Å². The average Bonchev–Trinajstić information content (AvgIpc) is 3.00. The first kappa shape index (κ1) is 10.6. The molecule has 1 saturated carbocycles. The fourth-order valence-corrected chi connectivity index (χ4v) is 1.42. The number of rotatable bonds is 5. The second-order valence-corrected chi connectivity index (χ2v) is 3.89. The molecule has 15 heavy (non-hydrogen) atoms. The Morgan fingerprint density at radius 1 is 1.40 bits per heavy atom. The van der Waals surface area contributed by atoms with E-state index < -0.39 is 0 Å². The lowest BCUT2D eigenvalue weighted by molar-refractivity contribution is 0.143. The van der Waals surface area contributed by atoms with E-state index in [0.29, 0.717) is 30.2 Å². The number of nitrogens with zero attached hydrogens (tertiary/aromatic N) is 2. The molecule has 0 saturated heterocycles. The van der Waals surface area contributed by atoms with Crippen LogP contribution >= 0.6 is 11.6 Å². The summed E-state index contributed by atoms with van der Waals surface area (Å²) in [6.07, 6.45) is 2.30. The molecule has 4 nitrogen and oxygen atoms in total. The van der Waals surface area contributed by atoms with E-state index in [1.807, 2.05) is 0 Å². The average molecular weight is 229 g/mol. The zero-order chi connectivity index (χ0) is 10.7. The van der Waals surface area contributed by atoms with Crippen LogP contribution < -0.4 is 4.74 Å². The highest BCUT2D eigenvalue weighted by Crippen LogP contribution is 2.38. The third kappa shape index (κ3) is 3.04. The molecule has 0 spiro atoms. The van der Waals surface area contributed by atoms with Gasteiger partial charge in [0.15, 0.2) is 0 Å². The summed E-state index contributed by atoms with van der Waals surface area (Å²) in [5.74, 6) is 1.82. The summed E-state index contributed by atoms with van der Waals surface area (Å²) in [7, 11) is 1.63. The highest BCUT2D eigenvalue weighted by Gasteiger charge is 2.27. The molecule has 2 rings (SSSR count). The van der Waals surface area contributed by atoms with Crippen LogP contribution in [0.2, 0.25) is 5.15 Å². The van der Waals surface area contributed by atoms with Crippen molar-refractivity contribution in [1.82, 2.24) is 9.97 Å². The standard InChI is InChI=1S/C10H13ClN2O2/c1-14-4-5-15-9-6-8(11)12-10(13-9)7-2-3-7/h6-7H,2-5H2,1H3. The van der Waals surface area contributed by atoms with Crippen LogP contribution in [-0.2, 0) is 4.74 Å². The van der Waals surface area contributed by atoms with Gasteiger partial charge >= 0.3 is 0 Å². The van der Waals surface area contributed by atoms with Crippen LogP contribution in [-0.4, -0.2) is 30.3 Å². The number of ether oxygens (including phenoxy) is 2. The molecule has 1 heterocycles. The summed E-state index contributed by atoms with van der Waals surface area (Å²) in [4.78, 5) is 8.46. The van der Waals surface area contributed by atoms with E-state index in [9.17, 15) is 0 Å². The molecule has 0 aromatic carbocycles. The molecule has 0 bridgehead atoms. The van der Waals surface area contributed by atoms with E-state index in [-0.39, 0.29) is 0 Å². The number of hydrogen-bond donors (Lipinski definition) is 0. The Morgan fingerprint density at radius 2 is 2.20 bits per heavy atom. The van der Waals surface area contributed by atoms with E-state index in [2.05, 4.69) is 9.97 Å². The van der Waals surface area contributed by atoms with Crippen LogP contribution in [0, 0.1) is 0 Å². The van der Waals surface area contributed by atoms with Crippen LogP contribution in [0.4, 0.5) is 0 Å². The number of hydrogen-bond acceptors (Lipinski definition) is 4. The normalized spacial score (nSPS) is 15.3. The largest absolute Gasteiger partial charge is 0.475 e. The zero-order valence-electron chi connectivity index (χ0n) is 8.57. The zero-order valence-corrected chi connectivity index (χ0v) is 9.33. The maximum atomic E-state index is 5.87. The minimum absolute atomic E-state index is 0.444. The first-order valence-corrected chi connectivity index (χ1v) is 5.33. The Bertz CT molecular complexity index is 342. The molecule has 1 fully saturated rings. The third-order valence-corrected chi connectivity index (χ3v) is 2.36. The molecule has 0 unspecified atom stereocenters. The van der Waals surface area contributed by atoms with Gasteiger partial charge in [0.25, 0.3) is 0 Å². The SMILES string of the molecule is COCCOc1cc(Cl)nc(C2CC2)n1. The molecule has 1 aliphatic carbocycles. The van der Waals surface area contributed by atoms with E-state index in [4.69, 9.17) is 21.1 Å². The minimum atomic E-state index is 0.444. The van der Waals surface area contributed by atoms with Crippen LogP contribution in [0.25, 0.3) is 0 Å². The van der Waals surface area contributed by atoms with Gasteiger partial charge < -0.3 is 9.47 Å². The van der Waals surface area contributed by atoms with Gasteiger partial charge in [-0.15, -0.1) is 0 Å². The Balaban J connectivity index is 2.02. The fourth-order valence-electron chi connectivity index (χ4n) is 1.24. The van der Waals surface area contributed by atoms with E-state index in [0.717, 1.165) is 18.7 Å². The van der Waals surface area contributed by atoms with Crippen LogP contribution in [0.1, 0.15) is 24.6 Å². The Morgan fingerprint density at radius 3 is 2.87 bits per heavy atom. The van der Waals surface area contributed by atoms with Gasteiger partial charge in [-0.05, 0) is 12.8 Å². The molecule has 0 radical (unpaired) electrons. The first-order chi connectivity index (χ1) is 7.29. The molecule has 1 aliphatic rings. The van der Waals surface area contributed by atoms with Gasteiger partial charge in [-0.25, -0.2) is 4.98 Å². The van der Waals surface area contributed by atoms with Gasteiger partial charge in [0.1, 0.15) is 17.6 Å². The van der Waals surface area contributed by atoms with E-state index >= 15 is 0 Å². The number of aromatic nitrogens is 2. The van der Waals surface area contributed by atoms with Gasteiger partial charge in [-0.2, -0.15) is 4.98 Å². The smallest absolute Gasteiger partial charge is 0.218 e. The third-order valence-electron chi connectivity index (χ3n) is 2.17. The maximum absolute atomic E-state index is 5.87. The molecule has 1 aromatic rings. The summed E-state index contributed by atoms with van der Waals surface area (Å²) in [6.45, 7) is 1.02. The monoisotopic (exact) mass is 228 g/mol. The summed E-state index contributed by atoms with van der Waals surface area (Å²) in [6, 6.07) is 1.63. The van der Waals surface area contributed by atoms with Gasteiger partial charge in [0.05, 0.1) is 6.61 Å². The molecule has 5 heteroatoms. The van der Waals surface area contributed by atoms with Crippen molar-refractivity contribution in [2.75, 3.05) is 20.3 Å². The van der Waals surface area contributed by atoms with Gasteiger partial charge in [-0.3, -0.25) is 0 Å². The van der Waals surface area contributed by atoms with Crippen LogP contribution in [0.3, 0.4) is 0 Å². The molecular formula is C10H13ClN2O2. The van der Waals surface area contributed by atoms with Crippen molar-refractivity contribution in [2.24, 2.45) is 0 Å². The second kappa shape index (κ2) is 4.77. The Kier molecular flexibility index (Phi) is 3.38. The topological polar surface area (TPSA) is 44.2 Å². The first-order valence-electron chi connectivity index (χ1n) is 4.96. The molecule has 0 N–H and O–H groups in total. The summed E-state index contributed by atoms with van der Waals surface area (Å²) in [5, 5.41) is 0.444. The van der Waals surface area contributed by atoms with E-state index in [1.54, 1.807) is 13.2 Å². The molecule has 0 amide bonds. The Hall–Kier alpha value is -0.870. The molecule has 0 aliphatic heterocycles. The second-order valence-electron chi connectivity index (χ2n) is 3.50. The molecule has 0 atom stereocenters. The number of halogens is 1. The summed E-state index contributed by atoms with van der Waals surface area (Å²) >= 11 is 5.87. The van der Waals surface area contributed by atoms with Crippen molar-refractivity contribution in [3.05, 3.63) is 17.0 Å². The van der Waals surface area contributed by atoms with Crippen molar-refractivity contribution < 1.29 is 9.47 Å². The summed E-state index contributed by atoms with van der Waals surface area (Å²) in [5.41, 5.74) is 0. The molecular weight excluding hydrogens is 216 g/mol. The van der Waals surface area contributed by atoms with Crippen molar-refractivity contribution in [2.45, 2.75) is 18.8 Å². The van der Waals surface area contributed by atoms with Gasteiger partial charge in [0, 0.05) is 19.1 Å². The van der Waals surface area contributed by atoms with Crippen molar-refractivity contribution in [3.8, 4) is 5.88 Å². The van der Waals surface area contributed by atoms with Crippen molar-refractivity contribution >= 4 is 11.6 Å². The Labute approximate surface area is 93.6 Å². The molecule has 1 aromatic heterocycles. The lowest BCUT2D eigenvalue weighted by Crippen LogP contribution is -2.06. The highest BCUT2D eigenvalue weighted by atomic mass is 35.5. The predicted octanol–water partition coefficient (Wildman–Crippen LogP) is 2.03.